The number of hydrogen-bond donors (Lipinski definition) is 2. The van der Waals surface area contributed by atoms with E-state index >= 15 is 0 Å². The monoisotopic (exact) mass is 296 g/mol. The molecule has 0 radical (unpaired) electrons. The van der Waals surface area contributed by atoms with Crippen LogP contribution in [0.15, 0.2) is 23.2 Å². The number of sulfonamides is 1. The summed E-state index contributed by atoms with van der Waals surface area (Å²) in [6, 6.07) is 4.63. The van der Waals surface area contributed by atoms with Crippen molar-refractivity contribution < 1.29 is 8.42 Å². The molecular weight excluding hydrogens is 276 g/mol. The molecule has 1 atom stereocenters. The molecule has 0 spiro atoms. The van der Waals surface area contributed by atoms with Gasteiger partial charge in [-0.15, -0.1) is 0 Å². The Hall–Kier alpha value is -1.49. The fraction of sp³-hybridized carbons (Fsp3) is 0.538. The number of nitriles is 1. The summed E-state index contributed by atoms with van der Waals surface area (Å²) in [4.78, 5) is 3.65. The van der Waals surface area contributed by atoms with Gasteiger partial charge >= 0.3 is 0 Å². The number of nitrogens with one attached hydrogen (secondary N) is 1. The van der Waals surface area contributed by atoms with Crippen molar-refractivity contribution in [1.82, 2.24) is 9.71 Å². The Morgan fingerprint density at radius 2 is 2.20 bits per heavy atom. The van der Waals surface area contributed by atoms with Crippen molar-refractivity contribution in [1.29, 1.82) is 5.26 Å². The van der Waals surface area contributed by atoms with Crippen LogP contribution < -0.4 is 10.5 Å². The molecule has 1 rings (SSSR count). The molecule has 0 fully saturated rings. The molecule has 7 heteroatoms. The van der Waals surface area contributed by atoms with Crippen molar-refractivity contribution in [3.8, 4) is 6.07 Å². The molecule has 1 aromatic heterocycles. The number of aromatic nitrogens is 1. The first kappa shape index (κ1) is 16.6. The van der Waals surface area contributed by atoms with E-state index in [1.54, 1.807) is 13.0 Å². The summed E-state index contributed by atoms with van der Waals surface area (Å²) < 4.78 is 27.4. The highest BCUT2D eigenvalue weighted by atomic mass is 32.2. The highest BCUT2D eigenvalue weighted by Crippen LogP contribution is 2.20. The molecule has 0 amide bonds. The fourth-order valence-electron chi connectivity index (χ4n) is 2.14. The maximum Gasteiger partial charge on any atom is 0.244 e. The van der Waals surface area contributed by atoms with E-state index < -0.39 is 15.6 Å². The van der Waals surface area contributed by atoms with E-state index in [-0.39, 0.29) is 23.1 Å². The third-order valence-electron chi connectivity index (χ3n) is 2.86. The molecule has 1 unspecified atom stereocenters. The molecule has 1 heterocycles. The smallest absolute Gasteiger partial charge is 0.244 e. The van der Waals surface area contributed by atoms with Crippen LogP contribution in [0.3, 0.4) is 0 Å². The largest absolute Gasteiger partial charge is 0.329 e. The van der Waals surface area contributed by atoms with Crippen molar-refractivity contribution >= 4 is 10.0 Å². The van der Waals surface area contributed by atoms with E-state index in [1.165, 1.54) is 18.3 Å². The van der Waals surface area contributed by atoms with Gasteiger partial charge in [-0.3, -0.25) is 0 Å². The van der Waals surface area contributed by atoms with Gasteiger partial charge in [0.2, 0.25) is 10.0 Å². The van der Waals surface area contributed by atoms with Gasteiger partial charge < -0.3 is 5.73 Å². The number of rotatable bonds is 6. The minimum atomic E-state index is -3.83. The standard InChI is InChI=1S/C13H20N4O2S/c1-10(2)7-13(3,9-15)17-20(18,19)12-5-4-6-16-11(12)8-14/h4-6,10,17H,7,9,15H2,1-3H3. The first-order valence-electron chi connectivity index (χ1n) is 6.33. The van der Waals surface area contributed by atoms with Crippen LogP contribution in [-0.4, -0.2) is 25.5 Å². The van der Waals surface area contributed by atoms with Crippen molar-refractivity contribution in [2.75, 3.05) is 6.54 Å². The predicted octanol–water partition coefficient (Wildman–Crippen LogP) is 0.995. The molecular formula is C13H20N4O2S. The Morgan fingerprint density at radius 3 is 2.70 bits per heavy atom. The summed E-state index contributed by atoms with van der Waals surface area (Å²) in [6.45, 7) is 5.92. The first-order valence-corrected chi connectivity index (χ1v) is 7.81. The zero-order chi connectivity index (χ0) is 15.4. The Morgan fingerprint density at radius 1 is 1.55 bits per heavy atom. The number of nitrogens with zero attached hydrogens (tertiary/aromatic N) is 2. The van der Waals surface area contributed by atoms with Gasteiger partial charge in [0, 0.05) is 18.3 Å². The third kappa shape index (κ3) is 4.00. The molecule has 0 bridgehead atoms. The zero-order valence-corrected chi connectivity index (χ0v) is 12.7. The molecule has 20 heavy (non-hydrogen) atoms. The SMILES string of the molecule is CC(C)CC(C)(CN)NS(=O)(=O)c1cccnc1C#N. The van der Waals surface area contributed by atoms with Gasteiger partial charge in [-0.05, 0) is 31.4 Å². The summed E-state index contributed by atoms with van der Waals surface area (Å²) in [6.07, 6.45) is 1.98. The number of hydrogen-bond acceptors (Lipinski definition) is 5. The lowest BCUT2D eigenvalue weighted by Gasteiger charge is -2.30. The van der Waals surface area contributed by atoms with Crippen LogP contribution in [0.25, 0.3) is 0 Å². The summed E-state index contributed by atoms with van der Waals surface area (Å²) in [5.74, 6) is 0.288. The Kier molecular flexibility index (Phi) is 5.22. The Bertz CT molecular complexity index is 607. The van der Waals surface area contributed by atoms with Crippen LogP contribution in [0.5, 0.6) is 0 Å². The second kappa shape index (κ2) is 6.31. The maximum atomic E-state index is 12.4. The van der Waals surface area contributed by atoms with Gasteiger partial charge in [0.05, 0.1) is 0 Å². The number of pyridine rings is 1. The van der Waals surface area contributed by atoms with E-state index in [4.69, 9.17) is 11.0 Å². The van der Waals surface area contributed by atoms with E-state index in [0.29, 0.717) is 6.42 Å². The topological polar surface area (TPSA) is 109 Å². The highest BCUT2D eigenvalue weighted by Gasteiger charge is 2.31. The minimum Gasteiger partial charge on any atom is -0.329 e. The maximum absolute atomic E-state index is 12.4. The van der Waals surface area contributed by atoms with Gasteiger partial charge in [-0.2, -0.15) is 5.26 Å². The summed E-state index contributed by atoms with van der Waals surface area (Å²) >= 11 is 0. The number of nitrogens with two attached hydrogens (primary N) is 1. The Balaban J connectivity index is 3.15. The lowest BCUT2D eigenvalue weighted by molar-refractivity contribution is 0.344. The average molecular weight is 296 g/mol. The van der Waals surface area contributed by atoms with E-state index in [2.05, 4.69) is 9.71 Å². The quantitative estimate of drug-likeness (QED) is 0.813. The summed E-state index contributed by atoms with van der Waals surface area (Å²) in [5, 5.41) is 8.95. The molecule has 110 valence electrons. The van der Waals surface area contributed by atoms with Crippen molar-refractivity contribution in [2.45, 2.75) is 37.6 Å². The van der Waals surface area contributed by atoms with Gasteiger partial charge in [0.1, 0.15) is 11.0 Å². The Labute approximate surface area is 120 Å². The highest BCUT2D eigenvalue weighted by molar-refractivity contribution is 7.89. The fourth-order valence-corrected chi connectivity index (χ4v) is 3.67. The van der Waals surface area contributed by atoms with E-state index in [0.717, 1.165) is 0 Å². The third-order valence-corrected chi connectivity index (χ3v) is 4.53. The van der Waals surface area contributed by atoms with Crippen LogP contribution >= 0.6 is 0 Å². The van der Waals surface area contributed by atoms with Gasteiger partial charge in [0.15, 0.2) is 5.69 Å². The summed E-state index contributed by atoms with van der Waals surface area (Å²) in [5.41, 5.74) is 4.83. The van der Waals surface area contributed by atoms with E-state index in [9.17, 15) is 8.42 Å². The van der Waals surface area contributed by atoms with Crippen molar-refractivity contribution in [3.05, 3.63) is 24.0 Å². The molecule has 0 aliphatic carbocycles. The van der Waals surface area contributed by atoms with Crippen LogP contribution in [0.2, 0.25) is 0 Å². The minimum absolute atomic E-state index is 0.120. The molecule has 0 saturated carbocycles. The van der Waals surface area contributed by atoms with Crippen LogP contribution in [-0.2, 0) is 10.0 Å². The molecule has 0 aromatic carbocycles. The van der Waals surface area contributed by atoms with Gasteiger partial charge in [-0.1, -0.05) is 13.8 Å². The lowest BCUT2D eigenvalue weighted by atomic mass is 9.92. The lowest BCUT2D eigenvalue weighted by Crippen LogP contribution is -2.52. The predicted molar refractivity (Wildman–Crippen MR) is 76.2 cm³/mol. The zero-order valence-electron chi connectivity index (χ0n) is 11.9. The normalized spacial score (nSPS) is 14.8. The van der Waals surface area contributed by atoms with Gasteiger partial charge in [0.25, 0.3) is 0 Å². The average Bonchev–Trinajstić information content (AvgIpc) is 2.37. The van der Waals surface area contributed by atoms with Crippen molar-refractivity contribution in [2.24, 2.45) is 11.7 Å². The summed E-state index contributed by atoms with van der Waals surface area (Å²) in [7, 11) is -3.83. The van der Waals surface area contributed by atoms with Crippen LogP contribution in [0, 0.1) is 17.2 Å². The second-order valence-corrected chi connectivity index (χ2v) is 7.08. The second-order valence-electron chi connectivity index (χ2n) is 5.43. The van der Waals surface area contributed by atoms with E-state index in [1.807, 2.05) is 13.8 Å². The molecule has 3 N–H and O–H groups in total. The molecule has 0 aliphatic rings. The molecule has 0 saturated heterocycles. The molecule has 6 nitrogen and oxygen atoms in total. The van der Waals surface area contributed by atoms with Crippen LogP contribution in [0.4, 0.5) is 0 Å². The first-order chi connectivity index (χ1) is 9.24. The van der Waals surface area contributed by atoms with Gasteiger partial charge in [-0.25, -0.2) is 18.1 Å². The molecule has 1 aromatic rings. The van der Waals surface area contributed by atoms with Crippen molar-refractivity contribution in [3.63, 3.8) is 0 Å². The molecule has 0 aliphatic heterocycles. The van der Waals surface area contributed by atoms with Crippen LogP contribution in [0.1, 0.15) is 32.9 Å².